The van der Waals surface area contributed by atoms with Gasteiger partial charge in [0, 0.05) is 19.2 Å². The summed E-state index contributed by atoms with van der Waals surface area (Å²) in [5.74, 6) is -3.40. The molecule has 2 aliphatic rings. The van der Waals surface area contributed by atoms with Crippen LogP contribution in [0.4, 0.5) is 8.78 Å². The highest BCUT2D eigenvalue weighted by Crippen LogP contribution is 2.33. The highest BCUT2D eigenvalue weighted by Gasteiger charge is 2.44. The molecule has 0 bridgehead atoms. The smallest absolute Gasteiger partial charge is 0.347 e. The summed E-state index contributed by atoms with van der Waals surface area (Å²) in [6, 6.07) is 2.31. The zero-order valence-corrected chi connectivity index (χ0v) is 15.5. The quantitative estimate of drug-likeness (QED) is 0.820. The second kappa shape index (κ2) is 6.93. The van der Waals surface area contributed by atoms with Crippen molar-refractivity contribution in [1.29, 1.82) is 0 Å². The van der Waals surface area contributed by atoms with Crippen LogP contribution in [0.5, 0.6) is 0 Å². The van der Waals surface area contributed by atoms with Crippen molar-refractivity contribution in [2.45, 2.75) is 43.9 Å². The molecule has 2 atom stereocenters. The van der Waals surface area contributed by atoms with E-state index in [1.165, 1.54) is 6.20 Å². The Labute approximate surface area is 163 Å². The van der Waals surface area contributed by atoms with Crippen LogP contribution in [-0.4, -0.2) is 54.3 Å². The number of alkyl halides is 2. The first-order valence-electron chi connectivity index (χ1n) is 8.89. The number of fused-ring (bicyclic) bond motifs is 1. The summed E-state index contributed by atoms with van der Waals surface area (Å²) in [7, 11) is 0. The third kappa shape index (κ3) is 3.42. The maximum atomic E-state index is 13.5. The molecule has 4 heterocycles. The lowest BCUT2D eigenvalue weighted by molar-refractivity contribution is -0.136. The van der Waals surface area contributed by atoms with E-state index in [9.17, 15) is 23.5 Å². The molecule has 0 aromatic carbocycles. The number of hydrogen-bond acceptors (Lipinski definition) is 5. The van der Waals surface area contributed by atoms with Gasteiger partial charge < -0.3 is 10.0 Å². The number of aromatic nitrogens is 4. The number of aliphatic hydroxyl groups is 1. The standard InChI is InChI=1S/C17H18ClF2N5O3/c18-10-1-2-11(21-7-10)8-24-16(28)25-12(3-4-13(26)14(25)22-24)15(27)23-6-5-17(19,20)9-23/h1-2,7,12-13,26H,3-6,8-9H2/t12-,13+/m0/s1. The van der Waals surface area contributed by atoms with Crippen LogP contribution in [-0.2, 0) is 11.3 Å². The fourth-order valence-corrected chi connectivity index (χ4v) is 3.77. The molecule has 0 spiro atoms. The van der Waals surface area contributed by atoms with Crippen molar-refractivity contribution in [3.05, 3.63) is 45.4 Å². The summed E-state index contributed by atoms with van der Waals surface area (Å²) >= 11 is 5.80. The van der Waals surface area contributed by atoms with Crippen LogP contribution in [0.3, 0.4) is 0 Å². The van der Waals surface area contributed by atoms with Crippen LogP contribution >= 0.6 is 11.6 Å². The largest absolute Gasteiger partial charge is 0.385 e. The van der Waals surface area contributed by atoms with Crippen molar-refractivity contribution in [2.75, 3.05) is 13.1 Å². The molecule has 2 aromatic rings. The van der Waals surface area contributed by atoms with Gasteiger partial charge in [0.1, 0.15) is 12.1 Å². The average Bonchev–Trinajstić information content (AvgIpc) is 3.18. The number of halogens is 3. The molecule has 2 aromatic heterocycles. The van der Waals surface area contributed by atoms with E-state index in [0.717, 1.165) is 14.1 Å². The molecular formula is C17H18ClF2N5O3. The zero-order valence-electron chi connectivity index (χ0n) is 14.8. The highest BCUT2D eigenvalue weighted by atomic mass is 35.5. The van der Waals surface area contributed by atoms with E-state index < -0.39 is 42.6 Å². The maximum absolute atomic E-state index is 13.5. The average molecular weight is 414 g/mol. The summed E-state index contributed by atoms with van der Waals surface area (Å²) in [4.78, 5) is 30.9. The number of likely N-dealkylation sites (tertiary alicyclic amines) is 1. The highest BCUT2D eigenvalue weighted by molar-refractivity contribution is 6.30. The lowest BCUT2D eigenvalue weighted by Gasteiger charge is -2.29. The third-order valence-electron chi connectivity index (χ3n) is 5.09. The molecule has 11 heteroatoms. The number of carbonyl (C=O) groups excluding carboxylic acids is 1. The van der Waals surface area contributed by atoms with Gasteiger partial charge in [0.05, 0.1) is 23.8 Å². The maximum Gasteiger partial charge on any atom is 0.347 e. The van der Waals surface area contributed by atoms with Crippen LogP contribution in [0.1, 0.15) is 42.9 Å². The van der Waals surface area contributed by atoms with Crippen LogP contribution in [0, 0.1) is 0 Å². The molecular weight excluding hydrogens is 396 g/mol. The SMILES string of the molecule is O=C([C@@H]1CC[C@@H](O)c2nn(Cc3ccc(Cl)cn3)c(=O)n21)N1CCC(F)(F)C1. The van der Waals surface area contributed by atoms with Crippen molar-refractivity contribution >= 4 is 17.5 Å². The number of carbonyl (C=O) groups is 1. The summed E-state index contributed by atoms with van der Waals surface area (Å²) in [6.07, 6.45) is 0.441. The predicted molar refractivity (Wildman–Crippen MR) is 94.2 cm³/mol. The molecule has 1 N–H and O–H groups in total. The van der Waals surface area contributed by atoms with Gasteiger partial charge in [-0.1, -0.05) is 11.6 Å². The normalized spacial score (nSPS) is 23.6. The second-order valence-electron chi connectivity index (χ2n) is 7.11. The first kappa shape index (κ1) is 19.0. The van der Waals surface area contributed by atoms with Gasteiger partial charge in [-0.25, -0.2) is 18.3 Å². The zero-order chi connectivity index (χ0) is 20.1. The van der Waals surface area contributed by atoms with Gasteiger partial charge >= 0.3 is 5.69 Å². The van der Waals surface area contributed by atoms with Gasteiger partial charge in [-0.05, 0) is 25.0 Å². The molecule has 150 valence electrons. The van der Waals surface area contributed by atoms with Gasteiger partial charge in [-0.15, -0.1) is 0 Å². The molecule has 28 heavy (non-hydrogen) atoms. The topological polar surface area (TPSA) is 93.2 Å². The molecule has 8 nitrogen and oxygen atoms in total. The summed E-state index contributed by atoms with van der Waals surface area (Å²) in [5.41, 5.74) is -0.0618. The van der Waals surface area contributed by atoms with Gasteiger partial charge in [0.15, 0.2) is 5.82 Å². The van der Waals surface area contributed by atoms with E-state index in [4.69, 9.17) is 11.6 Å². The van der Waals surface area contributed by atoms with Crippen molar-refractivity contribution in [1.82, 2.24) is 24.2 Å². The summed E-state index contributed by atoms with van der Waals surface area (Å²) < 4.78 is 29.2. The minimum absolute atomic E-state index is 0.0332. The predicted octanol–water partition coefficient (Wildman–Crippen LogP) is 1.38. The van der Waals surface area contributed by atoms with Crippen molar-refractivity contribution < 1.29 is 18.7 Å². The van der Waals surface area contributed by atoms with E-state index in [1.807, 2.05) is 0 Å². The van der Waals surface area contributed by atoms with Crippen LogP contribution in [0.25, 0.3) is 0 Å². The van der Waals surface area contributed by atoms with Crippen molar-refractivity contribution in [3.8, 4) is 0 Å². The number of amides is 1. The number of hydrogen-bond donors (Lipinski definition) is 1. The summed E-state index contributed by atoms with van der Waals surface area (Å²) in [5, 5.41) is 14.8. The fourth-order valence-electron chi connectivity index (χ4n) is 3.66. The number of pyridine rings is 1. The van der Waals surface area contributed by atoms with Gasteiger partial charge in [0.2, 0.25) is 5.91 Å². The van der Waals surface area contributed by atoms with Crippen molar-refractivity contribution in [2.24, 2.45) is 0 Å². The van der Waals surface area contributed by atoms with Gasteiger partial charge in [-0.3, -0.25) is 14.3 Å². The molecule has 1 fully saturated rings. The lowest BCUT2D eigenvalue weighted by Crippen LogP contribution is -2.43. The Kier molecular flexibility index (Phi) is 4.70. The second-order valence-corrected chi connectivity index (χ2v) is 7.55. The molecule has 1 saturated heterocycles. The van der Waals surface area contributed by atoms with Gasteiger partial charge in [0.25, 0.3) is 5.92 Å². The Bertz CT molecular complexity index is 959. The number of nitrogens with zero attached hydrogens (tertiary/aromatic N) is 5. The Morgan fingerprint density at radius 2 is 2.14 bits per heavy atom. The fraction of sp³-hybridized carbons (Fsp3) is 0.529. The van der Waals surface area contributed by atoms with Gasteiger partial charge in [-0.2, -0.15) is 5.10 Å². The van der Waals surface area contributed by atoms with E-state index in [1.54, 1.807) is 12.1 Å². The third-order valence-corrected chi connectivity index (χ3v) is 5.31. The monoisotopic (exact) mass is 413 g/mol. The molecule has 0 saturated carbocycles. The first-order chi connectivity index (χ1) is 13.2. The number of rotatable bonds is 3. The Hall–Kier alpha value is -2.33. The first-order valence-corrected chi connectivity index (χ1v) is 9.27. The van der Waals surface area contributed by atoms with E-state index >= 15 is 0 Å². The van der Waals surface area contributed by atoms with Crippen LogP contribution in [0.15, 0.2) is 23.1 Å². The minimum Gasteiger partial charge on any atom is -0.385 e. The Morgan fingerprint density at radius 3 is 2.79 bits per heavy atom. The lowest BCUT2D eigenvalue weighted by atomic mass is 10.0. The number of aliphatic hydroxyl groups excluding tert-OH is 1. The molecule has 0 aliphatic carbocycles. The Morgan fingerprint density at radius 1 is 1.36 bits per heavy atom. The molecule has 0 unspecified atom stereocenters. The Balaban J connectivity index is 1.65. The molecule has 1 amide bonds. The van der Waals surface area contributed by atoms with E-state index in [2.05, 4.69) is 10.1 Å². The van der Waals surface area contributed by atoms with Crippen LogP contribution < -0.4 is 5.69 Å². The van der Waals surface area contributed by atoms with E-state index in [0.29, 0.717) is 10.7 Å². The van der Waals surface area contributed by atoms with Crippen LogP contribution in [0.2, 0.25) is 5.02 Å². The molecule has 4 rings (SSSR count). The summed E-state index contributed by atoms with van der Waals surface area (Å²) in [6.45, 7) is -0.680. The van der Waals surface area contributed by atoms with E-state index in [-0.39, 0.29) is 31.8 Å². The minimum atomic E-state index is -2.91. The van der Waals surface area contributed by atoms with Crippen molar-refractivity contribution in [3.63, 3.8) is 0 Å². The molecule has 2 aliphatic heterocycles. The molecule has 0 radical (unpaired) electrons.